The zero-order valence-electron chi connectivity index (χ0n) is 8.93. The fraction of sp³-hybridized carbons (Fsp3) is 0.182. The predicted molar refractivity (Wildman–Crippen MR) is 59.0 cm³/mol. The Kier molecular flexibility index (Phi) is 2.23. The third kappa shape index (κ3) is 1.46. The number of benzene rings is 1. The van der Waals surface area contributed by atoms with Crippen molar-refractivity contribution in [3.05, 3.63) is 50.8 Å². The summed E-state index contributed by atoms with van der Waals surface area (Å²) in [6.45, 7) is 3.32. The molecule has 0 unspecified atom stereocenters. The molecule has 0 aliphatic carbocycles. The summed E-state index contributed by atoms with van der Waals surface area (Å²) in [7, 11) is 0. The van der Waals surface area contributed by atoms with Gasteiger partial charge >= 0.3 is 5.69 Å². The van der Waals surface area contributed by atoms with E-state index >= 15 is 0 Å². The SMILES string of the molecule is Cc1ccc2c(c1)cc([N+](=O)[O-])c(C)[n+]2[O-]. The van der Waals surface area contributed by atoms with Crippen LogP contribution < -0.4 is 4.73 Å². The molecule has 16 heavy (non-hydrogen) atoms. The molecule has 1 aromatic carbocycles. The molecule has 82 valence electrons. The maximum Gasteiger partial charge on any atom is 0.337 e. The Labute approximate surface area is 91.7 Å². The molecule has 0 saturated heterocycles. The lowest BCUT2D eigenvalue weighted by atomic mass is 10.1. The molecule has 5 heteroatoms. The van der Waals surface area contributed by atoms with Crippen LogP contribution in [0.1, 0.15) is 11.3 Å². The summed E-state index contributed by atoms with van der Waals surface area (Å²) >= 11 is 0. The van der Waals surface area contributed by atoms with Crippen LogP contribution in [0.2, 0.25) is 0 Å². The lowest BCUT2D eigenvalue weighted by Gasteiger charge is -2.05. The molecule has 0 bridgehead atoms. The van der Waals surface area contributed by atoms with Crippen LogP contribution >= 0.6 is 0 Å². The summed E-state index contributed by atoms with van der Waals surface area (Å²) < 4.78 is 0.604. The first kappa shape index (κ1) is 10.4. The van der Waals surface area contributed by atoms with Gasteiger partial charge in [0.05, 0.1) is 10.3 Å². The smallest absolute Gasteiger partial charge is 0.337 e. The summed E-state index contributed by atoms with van der Waals surface area (Å²) in [5.74, 6) is 0. The van der Waals surface area contributed by atoms with Crippen LogP contribution in [0.25, 0.3) is 10.9 Å². The third-order valence-electron chi connectivity index (χ3n) is 2.57. The van der Waals surface area contributed by atoms with Crippen LogP contribution in [-0.4, -0.2) is 4.92 Å². The first-order valence-electron chi connectivity index (χ1n) is 4.78. The van der Waals surface area contributed by atoms with Gasteiger partial charge in [0.25, 0.3) is 5.69 Å². The van der Waals surface area contributed by atoms with Gasteiger partial charge in [0, 0.05) is 19.1 Å². The number of nitro groups is 1. The second kappa shape index (κ2) is 3.44. The Balaban J connectivity index is 2.88. The lowest BCUT2D eigenvalue weighted by molar-refractivity contribution is -0.589. The molecule has 0 amide bonds. The van der Waals surface area contributed by atoms with Gasteiger partial charge in [-0.2, -0.15) is 4.73 Å². The first-order valence-corrected chi connectivity index (χ1v) is 4.78. The largest absolute Gasteiger partial charge is 0.618 e. The van der Waals surface area contributed by atoms with Crippen molar-refractivity contribution in [2.45, 2.75) is 13.8 Å². The summed E-state index contributed by atoms with van der Waals surface area (Å²) in [6, 6.07) is 6.68. The van der Waals surface area contributed by atoms with Crippen molar-refractivity contribution in [3.8, 4) is 0 Å². The van der Waals surface area contributed by atoms with E-state index in [-0.39, 0.29) is 11.4 Å². The molecular formula is C11H10N2O3. The number of pyridine rings is 1. The zero-order valence-corrected chi connectivity index (χ0v) is 8.93. The van der Waals surface area contributed by atoms with E-state index in [0.717, 1.165) is 5.56 Å². The van der Waals surface area contributed by atoms with Gasteiger partial charge < -0.3 is 5.21 Å². The molecule has 1 heterocycles. The molecule has 0 atom stereocenters. The highest BCUT2D eigenvalue weighted by atomic mass is 16.6. The highest BCUT2D eigenvalue weighted by Gasteiger charge is 2.21. The van der Waals surface area contributed by atoms with Gasteiger partial charge in [-0.25, -0.2) is 0 Å². The Bertz CT molecular complexity index is 593. The molecule has 1 aromatic heterocycles. The van der Waals surface area contributed by atoms with E-state index in [9.17, 15) is 15.3 Å². The molecule has 0 spiro atoms. The van der Waals surface area contributed by atoms with Gasteiger partial charge in [-0.15, -0.1) is 0 Å². The highest BCUT2D eigenvalue weighted by molar-refractivity contribution is 5.79. The number of aromatic nitrogens is 1. The summed E-state index contributed by atoms with van der Waals surface area (Å²) in [6.07, 6.45) is 0. The Morgan fingerprint density at radius 2 is 1.94 bits per heavy atom. The Hall–Kier alpha value is -2.17. The molecule has 0 N–H and O–H groups in total. The first-order chi connectivity index (χ1) is 7.50. The van der Waals surface area contributed by atoms with E-state index in [1.54, 1.807) is 12.1 Å². The zero-order chi connectivity index (χ0) is 11.9. The average molecular weight is 218 g/mol. The van der Waals surface area contributed by atoms with Crippen LogP contribution in [0.3, 0.4) is 0 Å². The number of hydrogen-bond acceptors (Lipinski definition) is 3. The lowest BCUT2D eigenvalue weighted by Crippen LogP contribution is -2.31. The van der Waals surface area contributed by atoms with Gasteiger partial charge in [0.1, 0.15) is 0 Å². The minimum atomic E-state index is -0.536. The summed E-state index contributed by atoms with van der Waals surface area (Å²) in [4.78, 5) is 10.2. The van der Waals surface area contributed by atoms with Crippen molar-refractivity contribution in [2.75, 3.05) is 0 Å². The van der Waals surface area contributed by atoms with Gasteiger partial charge in [-0.1, -0.05) is 11.6 Å². The maximum atomic E-state index is 11.8. The van der Waals surface area contributed by atoms with Crippen LogP contribution in [0.4, 0.5) is 5.69 Å². The topological polar surface area (TPSA) is 70.1 Å². The van der Waals surface area contributed by atoms with Crippen LogP contribution in [0.5, 0.6) is 0 Å². The highest BCUT2D eigenvalue weighted by Crippen LogP contribution is 2.21. The van der Waals surface area contributed by atoms with Crippen LogP contribution in [-0.2, 0) is 0 Å². The number of nitrogens with zero attached hydrogens (tertiary/aromatic N) is 2. The van der Waals surface area contributed by atoms with Crippen LogP contribution in [0.15, 0.2) is 24.3 Å². The van der Waals surface area contributed by atoms with E-state index in [2.05, 4.69) is 0 Å². The minimum absolute atomic E-state index is 0.112. The van der Waals surface area contributed by atoms with E-state index in [0.29, 0.717) is 15.6 Å². The van der Waals surface area contributed by atoms with E-state index in [1.807, 2.05) is 13.0 Å². The second-order valence-corrected chi connectivity index (χ2v) is 3.73. The van der Waals surface area contributed by atoms with Gasteiger partial charge in [-0.3, -0.25) is 10.1 Å². The second-order valence-electron chi connectivity index (χ2n) is 3.73. The van der Waals surface area contributed by atoms with Gasteiger partial charge in [0.2, 0.25) is 5.52 Å². The Morgan fingerprint density at radius 3 is 2.56 bits per heavy atom. The van der Waals surface area contributed by atoms with Crippen molar-refractivity contribution in [1.29, 1.82) is 0 Å². The average Bonchev–Trinajstić information content (AvgIpc) is 2.22. The van der Waals surface area contributed by atoms with E-state index < -0.39 is 4.92 Å². The van der Waals surface area contributed by atoms with Crippen LogP contribution in [0, 0.1) is 29.2 Å². The fourth-order valence-electron chi connectivity index (χ4n) is 1.70. The molecule has 0 fully saturated rings. The van der Waals surface area contributed by atoms with E-state index in [1.165, 1.54) is 13.0 Å². The number of rotatable bonds is 1. The van der Waals surface area contributed by atoms with Crippen molar-refractivity contribution in [3.63, 3.8) is 0 Å². The number of fused-ring (bicyclic) bond motifs is 1. The number of hydrogen-bond donors (Lipinski definition) is 0. The van der Waals surface area contributed by atoms with Crippen molar-refractivity contribution >= 4 is 16.6 Å². The molecule has 5 nitrogen and oxygen atoms in total. The molecule has 0 aliphatic rings. The fourth-order valence-corrected chi connectivity index (χ4v) is 1.70. The quantitative estimate of drug-likeness (QED) is 0.318. The normalized spacial score (nSPS) is 10.6. The monoisotopic (exact) mass is 218 g/mol. The molecular weight excluding hydrogens is 208 g/mol. The standard InChI is InChI=1S/C11H10N2O3/c1-7-3-4-10-9(5-7)6-11(13(15)16)8(2)12(10)14/h3-6H,1-2H3. The van der Waals surface area contributed by atoms with Gasteiger partial charge in [0.15, 0.2) is 0 Å². The van der Waals surface area contributed by atoms with Gasteiger partial charge in [-0.05, 0) is 13.0 Å². The summed E-state index contributed by atoms with van der Waals surface area (Å²) in [5.41, 5.74) is 1.38. The third-order valence-corrected chi connectivity index (χ3v) is 2.57. The van der Waals surface area contributed by atoms with E-state index in [4.69, 9.17) is 0 Å². The minimum Gasteiger partial charge on any atom is -0.618 e. The van der Waals surface area contributed by atoms with Crippen molar-refractivity contribution < 1.29 is 9.65 Å². The molecule has 0 radical (unpaired) electrons. The molecule has 2 aromatic rings. The predicted octanol–water partition coefficient (Wildman–Crippen LogP) is 2.00. The summed E-state index contributed by atoms with van der Waals surface area (Å²) in [5, 5.41) is 23.1. The maximum absolute atomic E-state index is 11.8. The molecule has 2 rings (SSSR count). The molecule has 0 aliphatic heterocycles. The van der Waals surface area contributed by atoms with Crippen molar-refractivity contribution in [2.24, 2.45) is 0 Å². The van der Waals surface area contributed by atoms with Crippen molar-refractivity contribution in [1.82, 2.24) is 0 Å². The Morgan fingerprint density at radius 1 is 1.25 bits per heavy atom. The number of aryl methyl sites for hydroxylation is 1. The molecule has 0 saturated carbocycles.